The third-order valence-electron chi connectivity index (χ3n) is 3.13. The summed E-state index contributed by atoms with van der Waals surface area (Å²) in [6.45, 7) is 3.72. The van der Waals surface area contributed by atoms with E-state index in [-0.39, 0.29) is 12.2 Å². The zero-order chi connectivity index (χ0) is 18.3. The van der Waals surface area contributed by atoms with E-state index >= 15 is 0 Å². The zero-order valence-electron chi connectivity index (χ0n) is 13.3. The van der Waals surface area contributed by atoms with Crippen molar-refractivity contribution in [1.82, 2.24) is 0 Å². The van der Waals surface area contributed by atoms with Crippen LogP contribution in [0.25, 0.3) is 0 Å². The largest absolute Gasteiger partial charge is 0.489 e. The summed E-state index contributed by atoms with van der Waals surface area (Å²) in [5, 5.41) is 5.31. The fourth-order valence-corrected chi connectivity index (χ4v) is 2.01. The number of nitrogens with one attached hydrogen (secondary N) is 2. The van der Waals surface area contributed by atoms with Crippen molar-refractivity contribution in [3.05, 3.63) is 66.7 Å². The maximum Gasteiger partial charge on any atom is 0.416 e. The summed E-state index contributed by atoms with van der Waals surface area (Å²) in [6.07, 6.45) is -2.82. The van der Waals surface area contributed by atoms with Gasteiger partial charge >= 0.3 is 6.18 Å². The Kier molecular flexibility index (Phi) is 6.05. The van der Waals surface area contributed by atoms with E-state index in [0.29, 0.717) is 18.0 Å². The smallest absolute Gasteiger partial charge is 0.416 e. The van der Waals surface area contributed by atoms with E-state index in [1.165, 1.54) is 12.1 Å². The van der Waals surface area contributed by atoms with Crippen LogP contribution in [-0.4, -0.2) is 19.1 Å². The Balaban J connectivity index is 1.92. The molecule has 7 heteroatoms. The molecular weight excluding hydrogens is 333 g/mol. The molecule has 132 valence electrons. The van der Waals surface area contributed by atoms with Gasteiger partial charge in [0.05, 0.1) is 12.1 Å². The number of alkyl halides is 3. The average Bonchev–Trinajstić information content (AvgIpc) is 2.58. The molecule has 0 spiro atoms. The van der Waals surface area contributed by atoms with E-state index in [4.69, 9.17) is 4.74 Å². The molecule has 2 aromatic carbocycles. The third kappa shape index (κ3) is 5.87. The Hall–Kier alpha value is -2.96. The lowest BCUT2D eigenvalue weighted by molar-refractivity contribution is -0.137. The first kappa shape index (κ1) is 18.4. The molecule has 0 saturated heterocycles. The van der Waals surface area contributed by atoms with Gasteiger partial charge in [-0.2, -0.15) is 13.2 Å². The second-order valence-corrected chi connectivity index (χ2v) is 5.11. The highest BCUT2D eigenvalue weighted by Crippen LogP contribution is 2.30. The Bertz CT molecular complexity index is 745. The highest BCUT2D eigenvalue weighted by atomic mass is 19.4. The number of carbonyl (C=O) groups excluding carboxylic acids is 1. The van der Waals surface area contributed by atoms with E-state index in [2.05, 4.69) is 17.2 Å². The molecule has 1 amide bonds. The molecule has 0 bridgehead atoms. The minimum absolute atomic E-state index is 0.168. The van der Waals surface area contributed by atoms with Gasteiger partial charge in [0.1, 0.15) is 12.4 Å². The SMILES string of the molecule is C=CCOc1cccc(NC(=O)CNc2cccc(C(F)(F)F)c2)c1. The molecule has 0 fully saturated rings. The Morgan fingerprint density at radius 3 is 2.56 bits per heavy atom. The summed E-state index contributed by atoms with van der Waals surface area (Å²) >= 11 is 0. The van der Waals surface area contributed by atoms with Gasteiger partial charge < -0.3 is 15.4 Å². The van der Waals surface area contributed by atoms with Crippen molar-refractivity contribution >= 4 is 17.3 Å². The Morgan fingerprint density at radius 2 is 1.84 bits per heavy atom. The molecule has 0 aliphatic carbocycles. The molecule has 0 aromatic heterocycles. The van der Waals surface area contributed by atoms with Crippen molar-refractivity contribution in [2.75, 3.05) is 23.8 Å². The zero-order valence-corrected chi connectivity index (χ0v) is 13.3. The number of halogens is 3. The van der Waals surface area contributed by atoms with Crippen LogP contribution < -0.4 is 15.4 Å². The summed E-state index contributed by atoms with van der Waals surface area (Å²) in [4.78, 5) is 11.9. The van der Waals surface area contributed by atoms with Gasteiger partial charge in [-0.1, -0.05) is 24.8 Å². The van der Waals surface area contributed by atoms with Crippen LogP contribution in [0, 0.1) is 0 Å². The molecule has 0 saturated carbocycles. The molecular formula is C18H17F3N2O2. The molecule has 25 heavy (non-hydrogen) atoms. The third-order valence-corrected chi connectivity index (χ3v) is 3.13. The Labute approximate surface area is 143 Å². The van der Waals surface area contributed by atoms with Crippen LogP contribution in [0.3, 0.4) is 0 Å². The topological polar surface area (TPSA) is 50.4 Å². The minimum atomic E-state index is -4.42. The molecule has 0 aliphatic heterocycles. The van der Waals surface area contributed by atoms with Gasteiger partial charge in [-0.25, -0.2) is 0 Å². The molecule has 2 rings (SSSR count). The standard InChI is InChI=1S/C18H17F3N2O2/c1-2-9-25-16-8-4-7-15(11-16)23-17(24)12-22-14-6-3-5-13(10-14)18(19,20)21/h2-8,10-11,22H,1,9,12H2,(H,23,24). The lowest BCUT2D eigenvalue weighted by Gasteiger charge is -2.11. The second-order valence-electron chi connectivity index (χ2n) is 5.11. The van der Waals surface area contributed by atoms with Crippen molar-refractivity contribution in [3.8, 4) is 5.75 Å². The number of carbonyl (C=O) groups is 1. The maximum atomic E-state index is 12.7. The van der Waals surface area contributed by atoms with Gasteiger partial charge in [-0.15, -0.1) is 0 Å². The number of amides is 1. The van der Waals surface area contributed by atoms with Gasteiger partial charge in [0.15, 0.2) is 0 Å². The summed E-state index contributed by atoms with van der Waals surface area (Å²) in [5.74, 6) is 0.182. The average molecular weight is 350 g/mol. The predicted molar refractivity (Wildman–Crippen MR) is 90.7 cm³/mol. The second kappa shape index (κ2) is 8.23. The van der Waals surface area contributed by atoms with E-state index < -0.39 is 17.6 Å². The van der Waals surface area contributed by atoms with E-state index in [9.17, 15) is 18.0 Å². The predicted octanol–water partition coefficient (Wildman–Crippen LogP) is 4.32. The number of ether oxygens (including phenoxy) is 1. The van der Waals surface area contributed by atoms with Crippen LogP contribution in [-0.2, 0) is 11.0 Å². The highest BCUT2D eigenvalue weighted by Gasteiger charge is 2.30. The van der Waals surface area contributed by atoms with E-state index in [0.717, 1.165) is 12.1 Å². The van der Waals surface area contributed by atoms with Crippen LogP contribution in [0.15, 0.2) is 61.2 Å². The fourth-order valence-electron chi connectivity index (χ4n) is 2.01. The maximum absolute atomic E-state index is 12.7. The number of rotatable bonds is 7. The van der Waals surface area contributed by atoms with Crippen LogP contribution in [0.2, 0.25) is 0 Å². The molecule has 0 heterocycles. The molecule has 0 aliphatic rings. The van der Waals surface area contributed by atoms with E-state index in [1.54, 1.807) is 30.3 Å². The van der Waals surface area contributed by atoms with Crippen molar-refractivity contribution in [2.45, 2.75) is 6.18 Å². The molecule has 0 unspecified atom stereocenters. The lowest BCUT2D eigenvalue weighted by Crippen LogP contribution is -2.22. The molecule has 2 N–H and O–H groups in total. The molecule has 2 aromatic rings. The van der Waals surface area contributed by atoms with Crippen LogP contribution in [0.4, 0.5) is 24.5 Å². The van der Waals surface area contributed by atoms with Crippen molar-refractivity contribution < 1.29 is 22.7 Å². The lowest BCUT2D eigenvalue weighted by atomic mass is 10.2. The molecule has 0 radical (unpaired) electrons. The van der Waals surface area contributed by atoms with Crippen LogP contribution in [0.1, 0.15) is 5.56 Å². The number of benzene rings is 2. The summed E-state index contributed by atoms with van der Waals surface area (Å²) in [5.41, 5.74) is -0.0320. The number of hydrogen-bond acceptors (Lipinski definition) is 3. The van der Waals surface area contributed by atoms with Gasteiger partial charge in [0.2, 0.25) is 5.91 Å². The van der Waals surface area contributed by atoms with Gasteiger partial charge in [-0.05, 0) is 30.3 Å². The summed E-state index contributed by atoms with van der Waals surface area (Å²) in [6, 6.07) is 11.5. The quantitative estimate of drug-likeness (QED) is 0.731. The van der Waals surface area contributed by atoms with Gasteiger partial charge in [0.25, 0.3) is 0 Å². The van der Waals surface area contributed by atoms with Gasteiger partial charge in [-0.3, -0.25) is 4.79 Å². The fraction of sp³-hybridized carbons (Fsp3) is 0.167. The molecule has 0 atom stereocenters. The van der Waals surface area contributed by atoms with Crippen molar-refractivity contribution in [2.24, 2.45) is 0 Å². The van der Waals surface area contributed by atoms with Crippen molar-refractivity contribution in [3.63, 3.8) is 0 Å². The summed E-state index contributed by atoms with van der Waals surface area (Å²) < 4.78 is 43.3. The Morgan fingerprint density at radius 1 is 1.12 bits per heavy atom. The minimum Gasteiger partial charge on any atom is -0.489 e. The number of anilines is 2. The highest BCUT2D eigenvalue weighted by molar-refractivity contribution is 5.93. The summed E-state index contributed by atoms with van der Waals surface area (Å²) in [7, 11) is 0. The van der Waals surface area contributed by atoms with Gasteiger partial charge in [0, 0.05) is 17.4 Å². The monoisotopic (exact) mass is 350 g/mol. The van der Waals surface area contributed by atoms with Crippen LogP contribution >= 0.6 is 0 Å². The van der Waals surface area contributed by atoms with Crippen molar-refractivity contribution in [1.29, 1.82) is 0 Å². The number of hydrogen-bond donors (Lipinski definition) is 2. The normalized spacial score (nSPS) is 10.8. The molecule has 4 nitrogen and oxygen atoms in total. The first-order chi connectivity index (χ1) is 11.9. The van der Waals surface area contributed by atoms with E-state index in [1.807, 2.05) is 0 Å². The van der Waals surface area contributed by atoms with Crippen LogP contribution in [0.5, 0.6) is 5.75 Å². The first-order valence-corrected chi connectivity index (χ1v) is 7.43. The first-order valence-electron chi connectivity index (χ1n) is 7.43.